The highest BCUT2D eigenvalue weighted by atomic mass is 32.2. The Bertz CT molecular complexity index is 611. The maximum absolute atomic E-state index is 11.5. The van der Waals surface area contributed by atoms with Crippen molar-refractivity contribution in [2.24, 2.45) is 0 Å². The topological polar surface area (TPSA) is 84.0 Å². The van der Waals surface area contributed by atoms with Gasteiger partial charge >= 0.3 is 0 Å². The van der Waals surface area contributed by atoms with E-state index in [9.17, 15) is 8.42 Å². The van der Waals surface area contributed by atoms with E-state index in [1.807, 2.05) is 0 Å². The quantitative estimate of drug-likeness (QED) is 0.864. The van der Waals surface area contributed by atoms with Crippen LogP contribution in [0.15, 0.2) is 47.6 Å². The lowest BCUT2D eigenvalue weighted by molar-refractivity contribution is 0.588. The van der Waals surface area contributed by atoms with Crippen molar-refractivity contribution in [2.75, 3.05) is 12.4 Å². The van der Waals surface area contributed by atoms with E-state index in [0.29, 0.717) is 5.95 Å². The molecule has 2 N–H and O–H groups in total. The van der Waals surface area contributed by atoms with E-state index in [0.717, 1.165) is 5.69 Å². The van der Waals surface area contributed by atoms with Gasteiger partial charge in [-0.3, -0.25) is 0 Å². The second-order valence-electron chi connectivity index (χ2n) is 3.43. The Morgan fingerprint density at radius 1 is 1.06 bits per heavy atom. The second-order valence-corrected chi connectivity index (χ2v) is 5.32. The Balaban J connectivity index is 2.19. The predicted molar refractivity (Wildman–Crippen MR) is 68.0 cm³/mol. The molecule has 1 aromatic heterocycles. The third-order valence-corrected chi connectivity index (χ3v) is 3.69. The van der Waals surface area contributed by atoms with Crippen molar-refractivity contribution in [3.8, 4) is 0 Å². The smallest absolute Gasteiger partial charge is 0.240 e. The fourth-order valence-corrected chi connectivity index (χ4v) is 2.06. The molecule has 0 aliphatic heterocycles. The molecule has 0 radical (unpaired) electrons. The van der Waals surface area contributed by atoms with E-state index in [1.54, 1.807) is 30.6 Å². The summed E-state index contributed by atoms with van der Waals surface area (Å²) >= 11 is 0. The first-order chi connectivity index (χ1) is 8.62. The van der Waals surface area contributed by atoms with Crippen LogP contribution in [0.4, 0.5) is 11.6 Å². The minimum atomic E-state index is -3.40. The summed E-state index contributed by atoms with van der Waals surface area (Å²) in [6.07, 6.45) is 3.24. The molecule has 2 rings (SSSR count). The number of anilines is 2. The summed E-state index contributed by atoms with van der Waals surface area (Å²) in [4.78, 5) is 8.23. The molecule has 2 aromatic rings. The number of hydrogen-bond acceptors (Lipinski definition) is 5. The van der Waals surface area contributed by atoms with Crippen LogP contribution in [0, 0.1) is 0 Å². The van der Waals surface area contributed by atoms with Crippen LogP contribution in [0.3, 0.4) is 0 Å². The molecule has 0 aliphatic carbocycles. The Morgan fingerprint density at radius 3 is 2.22 bits per heavy atom. The summed E-state index contributed by atoms with van der Waals surface area (Å²) in [7, 11) is -2.02. The summed E-state index contributed by atoms with van der Waals surface area (Å²) in [6.45, 7) is 0. The fraction of sp³-hybridized carbons (Fsp3) is 0.0909. The Hall–Kier alpha value is -1.99. The van der Waals surface area contributed by atoms with E-state index < -0.39 is 10.0 Å². The molecular weight excluding hydrogens is 252 g/mol. The van der Waals surface area contributed by atoms with Crippen molar-refractivity contribution in [3.63, 3.8) is 0 Å². The average molecular weight is 264 g/mol. The van der Waals surface area contributed by atoms with Crippen molar-refractivity contribution < 1.29 is 8.42 Å². The molecule has 1 aromatic carbocycles. The van der Waals surface area contributed by atoms with Gasteiger partial charge in [-0.15, -0.1) is 0 Å². The van der Waals surface area contributed by atoms with Crippen LogP contribution in [0.2, 0.25) is 0 Å². The van der Waals surface area contributed by atoms with Crippen molar-refractivity contribution in [1.82, 2.24) is 14.7 Å². The molecule has 94 valence electrons. The van der Waals surface area contributed by atoms with Gasteiger partial charge in [0.05, 0.1) is 4.90 Å². The Morgan fingerprint density at radius 2 is 1.67 bits per heavy atom. The number of rotatable bonds is 4. The number of hydrogen-bond donors (Lipinski definition) is 2. The molecule has 0 spiro atoms. The first kappa shape index (κ1) is 12.5. The Kier molecular flexibility index (Phi) is 3.54. The van der Waals surface area contributed by atoms with E-state index in [1.165, 1.54) is 19.2 Å². The molecule has 1 heterocycles. The average Bonchev–Trinajstić information content (AvgIpc) is 2.40. The molecule has 0 atom stereocenters. The highest BCUT2D eigenvalue weighted by Crippen LogP contribution is 2.15. The van der Waals surface area contributed by atoms with Crippen LogP contribution in [0.5, 0.6) is 0 Å². The molecule has 18 heavy (non-hydrogen) atoms. The molecule has 0 aliphatic rings. The zero-order valence-electron chi connectivity index (χ0n) is 9.66. The molecule has 7 heteroatoms. The molecule has 0 saturated carbocycles. The van der Waals surface area contributed by atoms with E-state index >= 15 is 0 Å². The van der Waals surface area contributed by atoms with Crippen LogP contribution in [-0.4, -0.2) is 25.4 Å². The van der Waals surface area contributed by atoms with Crippen LogP contribution in [-0.2, 0) is 10.0 Å². The molecular formula is C11H12N4O2S. The van der Waals surface area contributed by atoms with Crippen LogP contribution < -0.4 is 10.0 Å². The van der Waals surface area contributed by atoms with Gasteiger partial charge in [0.1, 0.15) is 0 Å². The Labute approximate surface area is 105 Å². The first-order valence-corrected chi connectivity index (χ1v) is 6.68. The molecule has 0 amide bonds. The van der Waals surface area contributed by atoms with Crippen molar-refractivity contribution in [3.05, 3.63) is 42.7 Å². The number of benzene rings is 1. The van der Waals surface area contributed by atoms with Crippen molar-refractivity contribution in [2.45, 2.75) is 4.90 Å². The molecule has 0 saturated heterocycles. The molecule has 0 fully saturated rings. The van der Waals surface area contributed by atoms with Crippen molar-refractivity contribution in [1.29, 1.82) is 0 Å². The number of nitrogens with zero attached hydrogens (tertiary/aromatic N) is 2. The maximum Gasteiger partial charge on any atom is 0.240 e. The highest BCUT2D eigenvalue weighted by molar-refractivity contribution is 7.89. The highest BCUT2D eigenvalue weighted by Gasteiger charge is 2.10. The summed E-state index contributed by atoms with van der Waals surface area (Å²) in [5.41, 5.74) is 0.719. The first-order valence-electron chi connectivity index (χ1n) is 5.19. The van der Waals surface area contributed by atoms with Gasteiger partial charge in [0.15, 0.2) is 0 Å². The van der Waals surface area contributed by atoms with Gasteiger partial charge in [0.2, 0.25) is 16.0 Å². The van der Waals surface area contributed by atoms with E-state index in [2.05, 4.69) is 20.0 Å². The summed E-state index contributed by atoms with van der Waals surface area (Å²) in [5.74, 6) is 0.460. The van der Waals surface area contributed by atoms with Gasteiger partial charge in [0, 0.05) is 18.1 Å². The summed E-state index contributed by atoms with van der Waals surface area (Å²) in [5, 5.41) is 2.96. The number of sulfonamides is 1. The molecule has 0 unspecified atom stereocenters. The minimum absolute atomic E-state index is 0.213. The number of aromatic nitrogens is 2. The number of nitrogens with one attached hydrogen (secondary N) is 2. The normalized spacial score (nSPS) is 11.2. The predicted octanol–water partition coefficient (Wildman–Crippen LogP) is 1.13. The van der Waals surface area contributed by atoms with E-state index in [4.69, 9.17) is 0 Å². The second kappa shape index (κ2) is 5.11. The zero-order chi connectivity index (χ0) is 13.0. The minimum Gasteiger partial charge on any atom is -0.324 e. The van der Waals surface area contributed by atoms with Gasteiger partial charge in [0.25, 0.3) is 0 Å². The van der Waals surface area contributed by atoms with Gasteiger partial charge in [-0.2, -0.15) is 0 Å². The third kappa shape index (κ3) is 2.82. The van der Waals surface area contributed by atoms with Gasteiger partial charge in [-0.25, -0.2) is 23.1 Å². The van der Waals surface area contributed by atoms with E-state index in [-0.39, 0.29) is 4.90 Å². The van der Waals surface area contributed by atoms with Crippen LogP contribution in [0.25, 0.3) is 0 Å². The maximum atomic E-state index is 11.5. The lowest BCUT2D eigenvalue weighted by Crippen LogP contribution is -2.18. The standard InChI is InChI=1S/C11H12N4O2S/c1-12-18(16,17)10-5-3-9(4-6-10)15-11-13-7-2-8-14-11/h2-8,12H,1H3,(H,13,14,15). The summed E-state index contributed by atoms with van der Waals surface area (Å²) in [6, 6.07) is 8.04. The van der Waals surface area contributed by atoms with Gasteiger partial charge in [-0.1, -0.05) is 0 Å². The molecule has 6 nitrogen and oxygen atoms in total. The zero-order valence-corrected chi connectivity index (χ0v) is 10.5. The van der Waals surface area contributed by atoms with Crippen molar-refractivity contribution >= 4 is 21.7 Å². The lowest BCUT2D eigenvalue weighted by atomic mass is 10.3. The lowest BCUT2D eigenvalue weighted by Gasteiger charge is -2.06. The SMILES string of the molecule is CNS(=O)(=O)c1ccc(Nc2ncccn2)cc1. The molecule has 0 bridgehead atoms. The van der Waals surface area contributed by atoms with Gasteiger partial charge < -0.3 is 5.32 Å². The van der Waals surface area contributed by atoms with Crippen LogP contribution >= 0.6 is 0 Å². The summed E-state index contributed by atoms with van der Waals surface area (Å²) < 4.78 is 25.3. The third-order valence-electron chi connectivity index (χ3n) is 2.26. The largest absolute Gasteiger partial charge is 0.324 e. The van der Waals surface area contributed by atoms with Gasteiger partial charge in [-0.05, 0) is 37.4 Å². The fourth-order valence-electron chi connectivity index (χ4n) is 1.33. The van der Waals surface area contributed by atoms with Crippen LogP contribution in [0.1, 0.15) is 0 Å². The monoisotopic (exact) mass is 264 g/mol.